The molecule has 0 atom stereocenters. The van der Waals surface area contributed by atoms with Gasteiger partial charge in [0.1, 0.15) is 0 Å². The average Bonchev–Trinajstić information content (AvgIpc) is 3.64. The molecule has 1 heteroatoms. The standard InChI is InChI=1S/C67H71N/c1-67(2)64-31-15-14-29-61(64)62-37-36-58(45-65(62)67)68(57-34-32-49(33-35-57)51-25-16-24-50(40-51)46-18-6-3-7-19-46)66-39-38-59(60-28-12-13-30-63(60)66)53-27-17-26-52(41-53)56-43-54(47-20-8-4-9-21-47)42-55(44-56)48-22-10-5-11-23-48/h14-17,24-27,29,31-48H,3-13,18-23,28,30H2,1-2H3. The summed E-state index contributed by atoms with van der Waals surface area (Å²) in [5.41, 5.74) is 25.3. The lowest BCUT2D eigenvalue weighted by molar-refractivity contribution is 0.435. The minimum atomic E-state index is -0.0811. The first-order valence-electron chi connectivity index (χ1n) is 27.1. The number of nitrogens with zero attached hydrogens (tertiary/aromatic N) is 1. The van der Waals surface area contributed by atoms with E-state index in [0.29, 0.717) is 17.8 Å². The van der Waals surface area contributed by atoms with Crippen LogP contribution < -0.4 is 4.90 Å². The first-order valence-corrected chi connectivity index (χ1v) is 27.1. The third-order valence-corrected chi connectivity index (χ3v) is 17.6. The second kappa shape index (κ2) is 18.7. The molecule has 0 radical (unpaired) electrons. The van der Waals surface area contributed by atoms with Crippen molar-refractivity contribution < 1.29 is 0 Å². The highest BCUT2D eigenvalue weighted by Crippen LogP contribution is 2.52. The van der Waals surface area contributed by atoms with Gasteiger partial charge in [0.05, 0.1) is 0 Å². The first kappa shape index (κ1) is 43.6. The largest absolute Gasteiger partial charge is 0.310 e. The van der Waals surface area contributed by atoms with Gasteiger partial charge in [-0.15, -0.1) is 0 Å². The van der Waals surface area contributed by atoms with Gasteiger partial charge >= 0.3 is 0 Å². The predicted molar refractivity (Wildman–Crippen MR) is 289 cm³/mol. The number of fused-ring (bicyclic) bond motifs is 4. The molecule has 3 saturated carbocycles. The molecule has 0 unspecified atom stereocenters. The lowest BCUT2D eigenvalue weighted by Gasteiger charge is -2.32. The molecule has 5 aliphatic rings. The zero-order valence-corrected chi connectivity index (χ0v) is 41.0. The van der Waals surface area contributed by atoms with Gasteiger partial charge in [0, 0.05) is 22.5 Å². The van der Waals surface area contributed by atoms with Gasteiger partial charge in [-0.2, -0.15) is 0 Å². The third kappa shape index (κ3) is 8.26. The maximum absolute atomic E-state index is 2.64. The van der Waals surface area contributed by atoms with E-state index in [1.165, 1.54) is 193 Å². The van der Waals surface area contributed by atoms with Gasteiger partial charge in [-0.25, -0.2) is 0 Å². The Bertz CT molecular complexity index is 2890. The topological polar surface area (TPSA) is 3.24 Å². The lowest BCUT2D eigenvalue weighted by atomic mass is 9.78. The number of benzene rings is 7. The fourth-order valence-corrected chi connectivity index (χ4v) is 13.9. The number of hydrogen-bond donors (Lipinski definition) is 0. The Morgan fingerprint density at radius 3 is 1.59 bits per heavy atom. The minimum absolute atomic E-state index is 0.0811. The Balaban J connectivity index is 0.948. The molecule has 3 fully saturated rings. The second-order valence-corrected chi connectivity index (χ2v) is 22.2. The van der Waals surface area contributed by atoms with Gasteiger partial charge in [-0.05, 0) is 202 Å². The van der Waals surface area contributed by atoms with Crippen molar-refractivity contribution in [2.24, 2.45) is 0 Å². The molecule has 7 aromatic carbocycles. The van der Waals surface area contributed by atoms with E-state index in [1.54, 1.807) is 16.7 Å². The lowest BCUT2D eigenvalue weighted by Crippen LogP contribution is -2.18. The Hall–Kier alpha value is -5.66. The molecule has 0 saturated heterocycles. The SMILES string of the molecule is CC1(C)c2ccccc2-c2ccc(N(c3ccc(-c4cccc(C5CCCCC5)c4)cc3)c3ccc(-c4cccc(-c5cc(C6CCCCC6)cc(C6CCCCC6)c5)c4)c4c3CCCC4)cc21. The Morgan fingerprint density at radius 1 is 0.353 bits per heavy atom. The molecule has 12 rings (SSSR count). The van der Waals surface area contributed by atoms with Crippen LogP contribution in [0.25, 0.3) is 44.5 Å². The Labute approximate surface area is 408 Å². The summed E-state index contributed by atoms with van der Waals surface area (Å²) in [6, 6.07) is 57.8. The van der Waals surface area contributed by atoms with Crippen LogP contribution in [0.15, 0.2) is 146 Å². The minimum Gasteiger partial charge on any atom is -0.310 e. The van der Waals surface area contributed by atoms with E-state index in [0.717, 1.165) is 12.8 Å². The summed E-state index contributed by atoms with van der Waals surface area (Å²) in [5, 5.41) is 0. The fraction of sp³-hybridized carbons (Fsp3) is 0.373. The van der Waals surface area contributed by atoms with E-state index < -0.39 is 0 Å². The summed E-state index contributed by atoms with van der Waals surface area (Å²) in [5.74, 6) is 2.11. The number of rotatable bonds is 9. The molecule has 0 aliphatic heterocycles. The molecule has 5 aliphatic carbocycles. The molecule has 68 heavy (non-hydrogen) atoms. The quantitative estimate of drug-likeness (QED) is 0.140. The van der Waals surface area contributed by atoms with Crippen LogP contribution in [0, 0.1) is 0 Å². The van der Waals surface area contributed by atoms with Crippen LogP contribution >= 0.6 is 0 Å². The fourth-order valence-electron chi connectivity index (χ4n) is 13.9. The summed E-state index contributed by atoms with van der Waals surface area (Å²) in [6.07, 6.45) is 25.1. The van der Waals surface area contributed by atoms with Crippen LogP contribution in [-0.4, -0.2) is 0 Å². The zero-order valence-electron chi connectivity index (χ0n) is 41.0. The van der Waals surface area contributed by atoms with E-state index in [9.17, 15) is 0 Å². The van der Waals surface area contributed by atoms with Crippen molar-refractivity contribution in [1.82, 2.24) is 0 Å². The van der Waals surface area contributed by atoms with Gasteiger partial charge in [-0.3, -0.25) is 0 Å². The second-order valence-electron chi connectivity index (χ2n) is 22.2. The van der Waals surface area contributed by atoms with E-state index in [1.807, 2.05) is 0 Å². The predicted octanol–water partition coefficient (Wildman–Crippen LogP) is 19.5. The number of hydrogen-bond acceptors (Lipinski definition) is 1. The smallest absolute Gasteiger partial charge is 0.0496 e. The molecule has 0 bridgehead atoms. The molecule has 0 amide bonds. The highest BCUT2D eigenvalue weighted by molar-refractivity contribution is 5.88. The van der Waals surface area contributed by atoms with Gasteiger partial charge in [-0.1, -0.05) is 181 Å². The molecule has 0 N–H and O–H groups in total. The average molecular weight is 890 g/mol. The molecule has 7 aromatic rings. The van der Waals surface area contributed by atoms with Crippen molar-refractivity contribution in [2.45, 2.75) is 159 Å². The molecule has 0 aromatic heterocycles. The maximum Gasteiger partial charge on any atom is 0.0496 e. The number of anilines is 3. The highest BCUT2D eigenvalue weighted by atomic mass is 15.1. The third-order valence-electron chi connectivity index (χ3n) is 17.6. The van der Waals surface area contributed by atoms with Crippen molar-refractivity contribution in [3.63, 3.8) is 0 Å². The maximum atomic E-state index is 2.64. The van der Waals surface area contributed by atoms with Crippen LogP contribution in [0.5, 0.6) is 0 Å². The van der Waals surface area contributed by atoms with E-state index in [-0.39, 0.29) is 5.41 Å². The first-order chi connectivity index (χ1) is 33.5. The van der Waals surface area contributed by atoms with Gasteiger partial charge in [0.25, 0.3) is 0 Å². The Kier molecular flexibility index (Phi) is 12.0. The van der Waals surface area contributed by atoms with Crippen molar-refractivity contribution in [3.8, 4) is 44.5 Å². The highest BCUT2D eigenvalue weighted by Gasteiger charge is 2.36. The summed E-state index contributed by atoms with van der Waals surface area (Å²) in [7, 11) is 0. The molecule has 0 spiro atoms. The summed E-state index contributed by atoms with van der Waals surface area (Å²) < 4.78 is 0. The zero-order chi connectivity index (χ0) is 45.6. The van der Waals surface area contributed by atoms with Crippen molar-refractivity contribution in [3.05, 3.63) is 185 Å². The molecule has 344 valence electrons. The van der Waals surface area contributed by atoms with Crippen molar-refractivity contribution >= 4 is 17.1 Å². The van der Waals surface area contributed by atoms with E-state index in [4.69, 9.17) is 0 Å². The van der Waals surface area contributed by atoms with Crippen LogP contribution in [0.1, 0.15) is 180 Å². The van der Waals surface area contributed by atoms with Crippen LogP contribution in [0.2, 0.25) is 0 Å². The van der Waals surface area contributed by atoms with E-state index in [2.05, 4.69) is 164 Å². The van der Waals surface area contributed by atoms with Crippen molar-refractivity contribution in [2.75, 3.05) is 4.90 Å². The van der Waals surface area contributed by atoms with Crippen LogP contribution in [-0.2, 0) is 18.3 Å². The Morgan fingerprint density at radius 2 is 0.897 bits per heavy atom. The monoisotopic (exact) mass is 890 g/mol. The van der Waals surface area contributed by atoms with Crippen molar-refractivity contribution in [1.29, 1.82) is 0 Å². The van der Waals surface area contributed by atoms with Gasteiger partial charge in [0.2, 0.25) is 0 Å². The molecule has 0 heterocycles. The van der Waals surface area contributed by atoms with Crippen LogP contribution in [0.4, 0.5) is 17.1 Å². The normalized spacial score (nSPS) is 18.4. The van der Waals surface area contributed by atoms with E-state index >= 15 is 0 Å². The molecular formula is C67H71N. The molecular weight excluding hydrogens is 819 g/mol. The molecule has 1 nitrogen and oxygen atoms in total. The van der Waals surface area contributed by atoms with Gasteiger partial charge < -0.3 is 4.90 Å². The summed E-state index contributed by atoms with van der Waals surface area (Å²) >= 11 is 0. The summed E-state index contributed by atoms with van der Waals surface area (Å²) in [4.78, 5) is 2.61. The van der Waals surface area contributed by atoms with Gasteiger partial charge in [0.15, 0.2) is 0 Å². The summed E-state index contributed by atoms with van der Waals surface area (Å²) in [6.45, 7) is 4.83. The van der Waals surface area contributed by atoms with Crippen LogP contribution in [0.3, 0.4) is 0 Å².